The van der Waals surface area contributed by atoms with Crippen LogP contribution in [0.5, 0.6) is 0 Å². The molecule has 134 valence electrons. The number of anilines is 1. The molecule has 0 spiro atoms. The topological polar surface area (TPSA) is 60.9 Å². The predicted molar refractivity (Wildman–Crippen MR) is 95.1 cm³/mol. The third-order valence-corrected chi connectivity index (χ3v) is 5.17. The lowest BCUT2D eigenvalue weighted by molar-refractivity contribution is -0.141. The Morgan fingerprint density at radius 1 is 1.04 bits per heavy atom. The maximum atomic E-state index is 12.7. The molecule has 3 amide bonds. The highest BCUT2D eigenvalue weighted by Crippen LogP contribution is 2.27. The summed E-state index contributed by atoms with van der Waals surface area (Å²) in [6.07, 6.45) is 1.23. The summed E-state index contributed by atoms with van der Waals surface area (Å²) in [5, 5.41) is 0. The number of hydrogen-bond donors (Lipinski definition) is 0. The van der Waals surface area contributed by atoms with E-state index in [9.17, 15) is 14.4 Å². The first kappa shape index (κ1) is 17.5. The first-order valence-corrected chi connectivity index (χ1v) is 8.93. The van der Waals surface area contributed by atoms with E-state index in [1.165, 1.54) is 5.56 Å². The van der Waals surface area contributed by atoms with Crippen LogP contribution in [0.15, 0.2) is 24.3 Å². The molecular weight excluding hydrogens is 318 g/mol. The van der Waals surface area contributed by atoms with Crippen molar-refractivity contribution in [3.05, 3.63) is 29.8 Å². The number of piperazine rings is 1. The first-order chi connectivity index (χ1) is 12.0. The van der Waals surface area contributed by atoms with E-state index >= 15 is 0 Å². The molecule has 6 nitrogen and oxygen atoms in total. The minimum absolute atomic E-state index is 0.00460. The Balaban J connectivity index is 1.62. The zero-order valence-corrected chi connectivity index (χ0v) is 14.9. The van der Waals surface area contributed by atoms with Crippen LogP contribution in [0, 0.1) is 5.92 Å². The second-order valence-corrected chi connectivity index (χ2v) is 6.76. The van der Waals surface area contributed by atoms with Gasteiger partial charge in [0.15, 0.2) is 0 Å². The number of amides is 3. The van der Waals surface area contributed by atoms with Gasteiger partial charge in [0, 0.05) is 51.8 Å². The van der Waals surface area contributed by atoms with Gasteiger partial charge in [-0.05, 0) is 24.1 Å². The van der Waals surface area contributed by atoms with Crippen molar-refractivity contribution >= 4 is 23.4 Å². The largest absolute Gasteiger partial charge is 0.339 e. The van der Waals surface area contributed by atoms with Crippen LogP contribution in [-0.4, -0.2) is 60.2 Å². The molecule has 1 aromatic rings. The van der Waals surface area contributed by atoms with Crippen molar-refractivity contribution in [2.24, 2.45) is 5.92 Å². The highest BCUT2D eigenvalue weighted by Gasteiger charge is 2.38. The molecular formula is C19H25N3O3. The molecule has 0 aromatic heterocycles. The van der Waals surface area contributed by atoms with E-state index in [1.807, 2.05) is 24.3 Å². The van der Waals surface area contributed by atoms with E-state index in [4.69, 9.17) is 0 Å². The third kappa shape index (κ3) is 3.67. The zero-order chi connectivity index (χ0) is 18.0. The Bertz CT molecular complexity index is 663. The van der Waals surface area contributed by atoms with E-state index in [0.717, 1.165) is 12.1 Å². The predicted octanol–water partition coefficient (Wildman–Crippen LogP) is 1.29. The van der Waals surface area contributed by atoms with Crippen LogP contribution in [0.3, 0.4) is 0 Å². The van der Waals surface area contributed by atoms with Crippen molar-refractivity contribution in [3.63, 3.8) is 0 Å². The average Bonchev–Trinajstić information content (AvgIpc) is 3.03. The van der Waals surface area contributed by atoms with Crippen molar-refractivity contribution in [1.29, 1.82) is 0 Å². The highest BCUT2D eigenvalue weighted by molar-refractivity contribution is 6.00. The molecule has 0 saturated carbocycles. The Morgan fingerprint density at radius 2 is 1.64 bits per heavy atom. The maximum Gasteiger partial charge on any atom is 0.228 e. The molecule has 1 aromatic carbocycles. The van der Waals surface area contributed by atoms with Crippen LogP contribution < -0.4 is 4.90 Å². The highest BCUT2D eigenvalue weighted by atomic mass is 16.2. The first-order valence-electron chi connectivity index (χ1n) is 8.93. The fraction of sp³-hybridized carbons (Fsp3) is 0.526. The summed E-state index contributed by atoms with van der Waals surface area (Å²) >= 11 is 0. The minimum Gasteiger partial charge on any atom is -0.339 e. The summed E-state index contributed by atoms with van der Waals surface area (Å²) in [6, 6.07) is 7.96. The number of aryl methyl sites for hydroxylation is 1. The molecule has 0 bridgehead atoms. The van der Waals surface area contributed by atoms with Gasteiger partial charge in [0.2, 0.25) is 17.7 Å². The number of benzene rings is 1. The van der Waals surface area contributed by atoms with Gasteiger partial charge < -0.3 is 14.7 Å². The Labute approximate surface area is 148 Å². The van der Waals surface area contributed by atoms with Gasteiger partial charge in [0.25, 0.3) is 0 Å². The van der Waals surface area contributed by atoms with Crippen molar-refractivity contribution in [3.8, 4) is 0 Å². The second-order valence-electron chi connectivity index (χ2n) is 6.76. The molecule has 0 aliphatic carbocycles. The fourth-order valence-electron chi connectivity index (χ4n) is 3.53. The summed E-state index contributed by atoms with van der Waals surface area (Å²) in [6.45, 7) is 6.33. The van der Waals surface area contributed by atoms with Gasteiger partial charge in [-0.15, -0.1) is 0 Å². The lowest BCUT2D eigenvalue weighted by Gasteiger charge is -2.35. The van der Waals surface area contributed by atoms with Gasteiger partial charge in [0.05, 0.1) is 5.92 Å². The zero-order valence-electron chi connectivity index (χ0n) is 14.9. The molecule has 2 fully saturated rings. The number of rotatable bonds is 3. The standard InChI is InChI=1S/C19H25N3O3/c1-3-15-4-6-17(7-5-15)22-13-16(12-18(22)24)19(25)21-10-8-20(9-11-21)14(2)23/h4-7,16H,3,8-13H2,1-2H3. The van der Waals surface area contributed by atoms with Crippen LogP contribution >= 0.6 is 0 Å². The van der Waals surface area contributed by atoms with Gasteiger partial charge in [-0.2, -0.15) is 0 Å². The SMILES string of the molecule is CCc1ccc(N2CC(C(=O)N3CCN(C(C)=O)CC3)CC2=O)cc1. The Morgan fingerprint density at radius 3 is 2.20 bits per heavy atom. The molecule has 0 radical (unpaired) electrons. The van der Waals surface area contributed by atoms with Gasteiger partial charge in [-0.1, -0.05) is 19.1 Å². The molecule has 2 saturated heterocycles. The second kappa shape index (κ2) is 7.25. The number of carbonyl (C=O) groups is 3. The molecule has 2 heterocycles. The quantitative estimate of drug-likeness (QED) is 0.831. The van der Waals surface area contributed by atoms with Crippen molar-refractivity contribution in [1.82, 2.24) is 9.80 Å². The van der Waals surface area contributed by atoms with Crippen LogP contribution in [0.1, 0.15) is 25.8 Å². The van der Waals surface area contributed by atoms with Gasteiger partial charge in [0.1, 0.15) is 0 Å². The number of carbonyl (C=O) groups excluding carboxylic acids is 3. The molecule has 25 heavy (non-hydrogen) atoms. The lowest BCUT2D eigenvalue weighted by atomic mass is 10.1. The summed E-state index contributed by atoms with van der Waals surface area (Å²) in [4.78, 5) is 41.8. The number of nitrogens with zero attached hydrogens (tertiary/aromatic N) is 3. The third-order valence-electron chi connectivity index (χ3n) is 5.17. The van der Waals surface area contributed by atoms with E-state index in [1.54, 1.807) is 21.6 Å². The molecule has 2 aliphatic rings. The monoisotopic (exact) mass is 343 g/mol. The molecule has 6 heteroatoms. The molecule has 1 unspecified atom stereocenters. The van der Waals surface area contributed by atoms with Gasteiger partial charge >= 0.3 is 0 Å². The van der Waals surface area contributed by atoms with Crippen LogP contribution in [0.25, 0.3) is 0 Å². The van der Waals surface area contributed by atoms with Crippen LogP contribution in [0.4, 0.5) is 5.69 Å². The van der Waals surface area contributed by atoms with E-state index < -0.39 is 0 Å². The summed E-state index contributed by atoms with van der Waals surface area (Å²) in [5.41, 5.74) is 2.09. The van der Waals surface area contributed by atoms with E-state index in [0.29, 0.717) is 32.7 Å². The normalized spacial score (nSPS) is 21.0. The summed E-state index contributed by atoms with van der Waals surface area (Å²) in [5.74, 6) is -0.207. The molecule has 2 aliphatic heterocycles. The Hall–Kier alpha value is -2.37. The maximum absolute atomic E-state index is 12.7. The summed E-state index contributed by atoms with van der Waals surface area (Å²) in [7, 11) is 0. The molecule has 1 atom stereocenters. The minimum atomic E-state index is -0.290. The Kier molecular flexibility index (Phi) is 5.06. The van der Waals surface area contributed by atoms with E-state index in [-0.39, 0.29) is 30.1 Å². The summed E-state index contributed by atoms with van der Waals surface area (Å²) < 4.78 is 0. The fourth-order valence-corrected chi connectivity index (χ4v) is 3.53. The van der Waals surface area contributed by atoms with Crippen molar-refractivity contribution in [2.75, 3.05) is 37.6 Å². The van der Waals surface area contributed by atoms with Crippen molar-refractivity contribution < 1.29 is 14.4 Å². The van der Waals surface area contributed by atoms with Crippen molar-refractivity contribution in [2.45, 2.75) is 26.7 Å². The van der Waals surface area contributed by atoms with E-state index in [2.05, 4.69) is 6.92 Å². The average molecular weight is 343 g/mol. The number of hydrogen-bond acceptors (Lipinski definition) is 3. The van der Waals surface area contributed by atoms with Gasteiger partial charge in [-0.25, -0.2) is 0 Å². The van der Waals surface area contributed by atoms with Crippen LogP contribution in [-0.2, 0) is 20.8 Å². The van der Waals surface area contributed by atoms with Gasteiger partial charge in [-0.3, -0.25) is 14.4 Å². The lowest BCUT2D eigenvalue weighted by Crippen LogP contribution is -2.51. The smallest absolute Gasteiger partial charge is 0.228 e. The molecule has 0 N–H and O–H groups in total. The molecule has 3 rings (SSSR count). The van der Waals surface area contributed by atoms with Crippen LogP contribution in [0.2, 0.25) is 0 Å².